The van der Waals surface area contributed by atoms with Crippen molar-refractivity contribution in [3.8, 4) is 0 Å². The Morgan fingerprint density at radius 2 is 1.61 bits per heavy atom. The predicted molar refractivity (Wildman–Crippen MR) is 98.3 cm³/mol. The minimum atomic E-state index is -3.95. The molecule has 1 N–H and O–H groups in total. The molecule has 0 aliphatic carbocycles. The number of benzene rings is 3. The molecule has 1 atom stereocenters. The first kappa shape index (κ1) is 18.5. The van der Waals surface area contributed by atoms with Gasteiger partial charge in [-0.2, -0.15) is 4.31 Å². The van der Waals surface area contributed by atoms with Crippen molar-refractivity contribution in [1.82, 2.24) is 4.31 Å². The molecule has 0 saturated carbocycles. The molecular weight excluding hydrogens is 389 g/mol. The Bertz CT molecular complexity index is 1130. The van der Waals surface area contributed by atoms with Gasteiger partial charge in [0.15, 0.2) is 11.6 Å². The van der Waals surface area contributed by atoms with E-state index in [1.165, 1.54) is 36.4 Å². The van der Waals surface area contributed by atoms with Gasteiger partial charge < -0.3 is 5.32 Å². The molecule has 0 aromatic heterocycles. The van der Waals surface area contributed by atoms with Crippen molar-refractivity contribution >= 4 is 15.7 Å². The number of halogens is 3. The molecule has 28 heavy (non-hydrogen) atoms. The molecule has 0 saturated heterocycles. The SMILES string of the molecule is O=S1(=O)c2ccccc2N[C@H](c2ccc(F)c(F)c2)N1Cc1ccc(F)cc1. The number of sulfonamides is 1. The molecule has 1 aliphatic rings. The number of nitrogens with one attached hydrogen (secondary N) is 1. The lowest BCUT2D eigenvalue weighted by atomic mass is 10.1. The summed E-state index contributed by atoms with van der Waals surface area (Å²) in [6.07, 6.45) is -0.958. The molecule has 1 heterocycles. The molecule has 0 amide bonds. The molecule has 144 valence electrons. The number of anilines is 1. The average Bonchev–Trinajstić information content (AvgIpc) is 2.68. The zero-order valence-electron chi connectivity index (χ0n) is 14.4. The summed E-state index contributed by atoms with van der Waals surface area (Å²) in [4.78, 5) is 0.0796. The normalized spacial score (nSPS) is 18.3. The van der Waals surface area contributed by atoms with Crippen molar-refractivity contribution < 1.29 is 21.6 Å². The third kappa shape index (κ3) is 3.25. The van der Waals surface area contributed by atoms with Gasteiger partial charge >= 0.3 is 0 Å². The molecule has 0 radical (unpaired) electrons. The number of para-hydroxylation sites is 1. The van der Waals surface area contributed by atoms with E-state index in [1.807, 2.05) is 0 Å². The Morgan fingerprint density at radius 1 is 0.893 bits per heavy atom. The monoisotopic (exact) mass is 404 g/mol. The van der Waals surface area contributed by atoms with Gasteiger partial charge in [0.05, 0.1) is 5.69 Å². The van der Waals surface area contributed by atoms with Crippen LogP contribution in [0.25, 0.3) is 0 Å². The molecule has 3 aromatic rings. The van der Waals surface area contributed by atoms with E-state index < -0.39 is 33.6 Å². The van der Waals surface area contributed by atoms with E-state index in [4.69, 9.17) is 0 Å². The van der Waals surface area contributed by atoms with Crippen molar-refractivity contribution in [2.24, 2.45) is 0 Å². The lowest BCUT2D eigenvalue weighted by molar-refractivity contribution is 0.334. The third-order valence-electron chi connectivity index (χ3n) is 4.56. The highest BCUT2D eigenvalue weighted by Crippen LogP contribution is 2.39. The van der Waals surface area contributed by atoms with E-state index in [0.29, 0.717) is 11.3 Å². The minimum absolute atomic E-state index is 0.0758. The second-order valence-corrected chi connectivity index (χ2v) is 8.25. The van der Waals surface area contributed by atoms with Crippen LogP contribution in [0.15, 0.2) is 71.6 Å². The van der Waals surface area contributed by atoms with E-state index in [-0.39, 0.29) is 17.0 Å². The van der Waals surface area contributed by atoms with Crippen LogP contribution in [-0.2, 0) is 16.6 Å². The van der Waals surface area contributed by atoms with Gasteiger partial charge in [-0.3, -0.25) is 0 Å². The second kappa shape index (κ2) is 6.96. The van der Waals surface area contributed by atoms with Crippen LogP contribution in [0.3, 0.4) is 0 Å². The summed E-state index contributed by atoms with van der Waals surface area (Å²) >= 11 is 0. The third-order valence-corrected chi connectivity index (χ3v) is 6.43. The first-order valence-electron chi connectivity index (χ1n) is 8.43. The summed E-state index contributed by atoms with van der Waals surface area (Å²) in [5.41, 5.74) is 1.17. The lowest BCUT2D eigenvalue weighted by Gasteiger charge is -2.37. The van der Waals surface area contributed by atoms with Gasteiger partial charge in [0.1, 0.15) is 16.9 Å². The number of hydrogen-bond donors (Lipinski definition) is 1. The summed E-state index contributed by atoms with van der Waals surface area (Å²) in [7, 11) is -3.95. The van der Waals surface area contributed by atoms with Gasteiger partial charge in [-0.25, -0.2) is 21.6 Å². The standard InChI is InChI=1S/C20H15F3N2O2S/c21-15-8-5-13(6-9-15)12-25-20(14-7-10-16(22)17(23)11-14)24-18-3-1-2-4-19(18)28(25,26)27/h1-11,20,24H,12H2/t20-/m0/s1. The largest absolute Gasteiger partial charge is 0.364 e. The Kier molecular flexibility index (Phi) is 4.60. The van der Waals surface area contributed by atoms with Crippen LogP contribution in [0.5, 0.6) is 0 Å². The summed E-state index contributed by atoms with van der Waals surface area (Å²) in [5.74, 6) is -2.53. The van der Waals surface area contributed by atoms with Gasteiger partial charge in [-0.05, 0) is 47.5 Å². The molecule has 0 spiro atoms. The highest BCUT2D eigenvalue weighted by Gasteiger charge is 2.39. The van der Waals surface area contributed by atoms with Crippen LogP contribution < -0.4 is 5.32 Å². The van der Waals surface area contributed by atoms with E-state index >= 15 is 0 Å². The molecule has 0 unspecified atom stereocenters. The van der Waals surface area contributed by atoms with E-state index in [2.05, 4.69) is 5.32 Å². The van der Waals surface area contributed by atoms with E-state index in [9.17, 15) is 21.6 Å². The first-order chi connectivity index (χ1) is 13.4. The average molecular weight is 404 g/mol. The molecule has 0 bridgehead atoms. The van der Waals surface area contributed by atoms with Crippen LogP contribution in [0, 0.1) is 17.5 Å². The molecule has 4 rings (SSSR count). The van der Waals surface area contributed by atoms with E-state index in [1.54, 1.807) is 18.2 Å². The molecule has 8 heteroatoms. The van der Waals surface area contributed by atoms with Crippen molar-refractivity contribution in [3.05, 3.63) is 95.3 Å². The fourth-order valence-electron chi connectivity index (χ4n) is 3.17. The van der Waals surface area contributed by atoms with Crippen LogP contribution >= 0.6 is 0 Å². The molecule has 1 aliphatic heterocycles. The van der Waals surface area contributed by atoms with Crippen molar-refractivity contribution in [3.63, 3.8) is 0 Å². The number of nitrogens with zero attached hydrogens (tertiary/aromatic N) is 1. The molecule has 0 fully saturated rings. The highest BCUT2D eigenvalue weighted by atomic mass is 32.2. The van der Waals surface area contributed by atoms with Gasteiger partial charge in [-0.1, -0.05) is 30.3 Å². The van der Waals surface area contributed by atoms with Crippen molar-refractivity contribution in [1.29, 1.82) is 0 Å². The topological polar surface area (TPSA) is 49.4 Å². The Balaban J connectivity index is 1.83. The first-order valence-corrected chi connectivity index (χ1v) is 9.87. The van der Waals surface area contributed by atoms with Gasteiger partial charge in [0.25, 0.3) is 0 Å². The summed E-state index contributed by atoms with van der Waals surface area (Å²) in [5, 5.41) is 3.08. The Hall–Kier alpha value is -2.84. The minimum Gasteiger partial charge on any atom is -0.364 e. The van der Waals surface area contributed by atoms with Gasteiger partial charge in [0, 0.05) is 6.54 Å². The van der Waals surface area contributed by atoms with Gasteiger partial charge in [0.2, 0.25) is 10.0 Å². The maximum atomic E-state index is 13.8. The predicted octanol–water partition coefficient (Wildman–Crippen LogP) is 4.42. The molecule has 3 aromatic carbocycles. The fraction of sp³-hybridized carbons (Fsp3) is 0.100. The highest BCUT2D eigenvalue weighted by molar-refractivity contribution is 7.89. The number of fused-ring (bicyclic) bond motifs is 1. The maximum absolute atomic E-state index is 13.8. The van der Waals surface area contributed by atoms with E-state index in [0.717, 1.165) is 16.4 Å². The quantitative estimate of drug-likeness (QED) is 0.703. The van der Waals surface area contributed by atoms with Crippen molar-refractivity contribution in [2.75, 3.05) is 5.32 Å². The number of rotatable bonds is 3. The summed E-state index contributed by atoms with van der Waals surface area (Å²) in [6.45, 7) is -0.0758. The van der Waals surface area contributed by atoms with Gasteiger partial charge in [-0.15, -0.1) is 0 Å². The van der Waals surface area contributed by atoms with Crippen LogP contribution in [0.1, 0.15) is 17.3 Å². The molecular formula is C20H15F3N2O2S. The number of hydrogen-bond acceptors (Lipinski definition) is 3. The Morgan fingerprint density at radius 3 is 2.32 bits per heavy atom. The molecule has 4 nitrogen and oxygen atoms in total. The smallest absolute Gasteiger partial charge is 0.247 e. The fourth-order valence-corrected chi connectivity index (χ4v) is 4.85. The summed E-state index contributed by atoms with van der Waals surface area (Å²) in [6, 6.07) is 15.0. The Labute approximate surface area is 160 Å². The van der Waals surface area contributed by atoms with Crippen LogP contribution in [0.2, 0.25) is 0 Å². The zero-order valence-corrected chi connectivity index (χ0v) is 15.3. The zero-order chi connectivity index (χ0) is 19.9. The van der Waals surface area contributed by atoms with Crippen molar-refractivity contribution in [2.45, 2.75) is 17.6 Å². The lowest BCUT2D eigenvalue weighted by Crippen LogP contribution is -2.42. The van der Waals surface area contributed by atoms with Crippen LogP contribution in [0.4, 0.5) is 18.9 Å². The summed E-state index contributed by atoms with van der Waals surface area (Å²) < 4.78 is 68.1. The second-order valence-electron chi connectivity index (χ2n) is 6.39. The maximum Gasteiger partial charge on any atom is 0.247 e. The van der Waals surface area contributed by atoms with Crippen LogP contribution in [-0.4, -0.2) is 12.7 Å².